The molecule has 1 fully saturated rings. The van der Waals surface area contributed by atoms with Crippen molar-refractivity contribution < 1.29 is 9.90 Å². The lowest BCUT2D eigenvalue weighted by Gasteiger charge is -2.33. The highest BCUT2D eigenvalue weighted by Gasteiger charge is 2.34. The number of carbonyl (C=O) groups is 1. The topological polar surface area (TPSA) is 69.2 Å². The number of nitrogens with zero attached hydrogens (tertiary/aromatic N) is 2. The normalized spacial score (nSPS) is 27.8. The van der Waals surface area contributed by atoms with Crippen LogP contribution in [-0.4, -0.2) is 46.3 Å². The quantitative estimate of drug-likeness (QED) is 0.745. The molecule has 0 bridgehead atoms. The van der Waals surface area contributed by atoms with E-state index in [1.54, 1.807) is 12.4 Å². The number of likely N-dealkylation sites (tertiary alicyclic amines) is 1. The van der Waals surface area contributed by atoms with E-state index in [1.807, 2.05) is 7.05 Å². The number of H-pyrrole nitrogens is 1. The van der Waals surface area contributed by atoms with Gasteiger partial charge in [0.2, 0.25) is 0 Å². The van der Waals surface area contributed by atoms with Crippen molar-refractivity contribution in [2.24, 2.45) is 5.92 Å². The monoisotopic (exact) mass is 209 g/mol. The van der Waals surface area contributed by atoms with Crippen LogP contribution in [0.5, 0.6) is 0 Å². The molecule has 1 saturated heterocycles. The van der Waals surface area contributed by atoms with Gasteiger partial charge in [-0.05, 0) is 25.6 Å². The van der Waals surface area contributed by atoms with Crippen LogP contribution in [0.15, 0.2) is 12.4 Å². The third-order valence-corrected chi connectivity index (χ3v) is 3.08. The van der Waals surface area contributed by atoms with E-state index in [2.05, 4.69) is 15.1 Å². The molecule has 82 valence electrons. The number of hydrogen-bond acceptors (Lipinski definition) is 3. The largest absolute Gasteiger partial charge is 0.481 e. The SMILES string of the molecule is CN1CCC(c2cn[nH]c2)C(C(=O)O)C1. The Hall–Kier alpha value is -1.36. The van der Waals surface area contributed by atoms with Gasteiger partial charge in [0, 0.05) is 18.7 Å². The van der Waals surface area contributed by atoms with Gasteiger partial charge in [-0.1, -0.05) is 0 Å². The van der Waals surface area contributed by atoms with Gasteiger partial charge in [-0.25, -0.2) is 0 Å². The van der Waals surface area contributed by atoms with Crippen LogP contribution in [0.2, 0.25) is 0 Å². The van der Waals surface area contributed by atoms with Crippen molar-refractivity contribution in [2.75, 3.05) is 20.1 Å². The summed E-state index contributed by atoms with van der Waals surface area (Å²) in [6, 6.07) is 0. The van der Waals surface area contributed by atoms with Gasteiger partial charge in [0.05, 0.1) is 12.1 Å². The highest BCUT2D eigenvalue weighted by atomic mass is 16.4. The Morgan fingerprint density at radius 2 is 2.53 bits per heavy atom. The van der Waals surface area contributed by atoms with Crippen molar-refractivity contribution in [1.82, 2.24) is 15.1 Å². The number of aromatic nitrogens is 2. The van der Waals surface area contributed by atoms with E-state index >= 15 is 0 Å². The van der Waals surface area contributed by atoms with E-state index < -0.39 is 5.97 Å². The number of carboxylic acids is 1. The zero-order valence-electron chi connectivity index (χ0n) is 8.68. The van der Waals surface area contributed by atoms with Crippen LogP contribution >= 0.6 is 0 Å². The molecule has 15 heavy (non-hydrogen) atoms. The molecule has 0 spiro atoms. The Kier molecular flexibility index (Phi) is 2.73. The Balaban J connectivity index is 2.19. The summed E-state index contributed by atoms with van der Waals surface area (Å²) in [6.45, 7) is 1.56. The number of carboxylic acid groups (broad SMARTS) is 1. The van der Waals surface area contributed by atoms with E-state index in [1.165, 1.54) is 0 Å². The number of rotatable bonds is 2. The van der Waals surface area contributed by atoms with Crippen molar-refractivity contribution in [3.63, 3.8) is 0 Å². The molecule has 1 aromatic heterocycles. The fraction of sp³-hybridized carbons (Fsp3) is 0.600. The van der Waals surface area contributed by atoms with Crippen molar-refractivity contribution in [2.45, 2.75) is 12.3 Å². The molecule has 0 aromatic carbocycles. The lowest BCUT2D eigenvalue weighted by atomic mass is 9.82. The number of aromatic amines is 1. The molecular formula is C10H15N3O2. The second-order valence-electron chi connectivity index (χ2n) is 4.13. The van der Waals surface area contributed by atoms with Crippen LogP contribution in [0.4, 0.5) is 0 Å². The molecule has 2 atom stereocenters. The van der Waals surface area contributed by atoms with Crippen LogP contribution in [0.1, 0.15) is 17.9 Å². The first-order valence-corrected chi connectivity index (χ1v) is 5.08. The minimum absolute atomic E-state index is 0.0949. The number of hydrogen-bond donors (Lipinski definition) is 2. The first kappa shape index (κ1) is 10.2. The van der Waals surface area contributed by atoms with E-state index in [-0.39, 0.29) is 11.8 Å². The Labute approximate surface area is 88.1 Å². The molecule has 0 saturated carbocycles. The van der Waals surface area contributed by atoms with Crippen molar-refractivity contribution in [1.29, 1.82) is 0 Å². The van der Waals surface area contributed by atoms with Gasteiger partial charge in [-0.3, -0.25) is 9.89 Å². The molecule has 5 nitrogen and oxygen atoms in total. The molecule has 0 radical (unpaired) electrons. The highest BCUT2D eigenvalue weighted by molar-refractivity contribution is 5.71. The van der Waals surface area contributed by atoms with Gasteiger partial charge >= 0.3 is 5.97 Å². The molecule has 2 N–H and O–H groups in total. The highest BCUT2D eigenvalue weighted by Crippen LogP contribution is 2.32. The van der Waals surface area contributed by atoms with Gasteiger partial charge in [0.25, 0.3) is 0 Å². The minimum atomic E-state index is -0.715. The average Bonchev–Trinajstić information content (AvgIpc) is 2.70. The van der Waals surface area contributed by atoms with Gasteiger partial charge < -0.3 is 10.0 Å². The van der Waals surface area contributed by atoms with Gasteiger partial charge in [-0.2, -0.15) is 5.10 Å². The van der Waals surface area contributed by atoms with E-state index in [9.17, 15) is 4.79 Å². The number of nitrogens with one attached hydrogen (secondary N) is 1. The fourth-order valence-electron chi connectivity index (χ4n) is 2.23. The summed E-state index contributed by atoms with van der Waals surface area (Å²) in [4.78, 5) is 13.2. The minimum Gasteiger partial charge on any atom is -0.481 e. The van der Waals surface area contributed by atoms with Crippen LogP contribution in [0.25, 0.3) is 0 Å². The average molecular weight is 209 g/mol. The fourth-order valence-corrected chi connectivity index (χ4v) is 2.23. The first-order valence-electron chi connectivity index (χ1n) is 5.08. The molecule has 2 unspecified atom stereocenters. The van der Waals surface area contributed by atoms with Crippen LogP contribution < -0.4 is 0 Å². The predicted octanol–water partition coefficient (Wildman–Crippen LogP) is 0.530. The standard InChI is InChI=1S/C10H15N3O2/c1-13-3-2-8(7-4-11-12-5-7)9(6-13)10(14)15/h4-5,8-9H,2-3,6H2,1H3,(H,11,12)(H,14,15). The molecule has 2 heterocycles. The van der Waals surface area contributed by atoms with E-state index in [0.29, 0.717) is 6.54 Å². The molecule has 1 aliphatic heterocycles. The third-order valence-electron chi connectivity index (χ3n) is 3.08. The van der Waals surface area contributed by atoms with Gasteiger partial charge in [-0.15, -0.1) is 0 Å². The lowest BCUT2D eigenvalue weighted by molar-refractivity contribution is -0.144. The zero-order valence-corrected chi connectivity index (χ0v) is 8.68. The second kappa shape index (κ2) is 4.02. The maximum absolute atomic E-state index is 11.1. The molecule has 2 rings (SSSR count). The van der Waals surface area contributed by atoms with Gasteiger partial charge in [0.15, 0.2) is 0 Å². The summed E-state index contributed by atoms with van der Waals surface area (Å²) in [5.74, 6) is -0.938. The number of piperidine rings is 1. The molecule has 0 aliphatic carbocycles. The molecule has 5 heteroatoms. The lowest BCUT2D eigenvalue weighted by Crippen LogP contribution is -2.40. The molecule has 1 aliphatic rings. The van der Waals surface area contributed by atoms with E-state index in [4.69, 9.17) is 5.11 Å². The van der Waals surface area contributed by atoms with Crippen LogP contribution in [-0.2, 0) is 4.79 Å². The predicted molar refractivity (Wildman–Crippen MR) is 54.6 cm³/mol. The third kappa shape index (κ3) is 2.02. The van der Waals surface area contributed by atoms with Crippen molar-refractivity contribution in [3.05, 3.63) is 18.0 Å². The van der Waals surface area contributed by atoms with Crippen LogP contribution in [0.3, 0.4) is 0 Å². The maximum atomic E-state index is 11.1. The smallest absolute Gasteiger partial charge is 0.308 e. The van der Waals surface area contributed by atoms with Crippen molar-refractivity contribution in [3.8, 4) is 0 Å². The molecule has 0 amide bonds. The van der Waals surface area contributed by atoms with E-state index in [0.717, 1.165) is 18.5 Å². The Morgan fingerprint density at radius 3 is 3.13 bits per heavy atom. The summed E-state index contributed by atoms with van der Waals surface area (Å²) in [5.41, 5.74) is 1.01. The maximum Gasteiger partial charge on any atom is 0.308 e. The first-order chi connectivity index (χ1) is 7.18. The summed E-state index contributed by atoms with van der Waals surface area (Å²) in [6.07, 6.45) is 4.41. The van der Waals surface area contributed by atoms with Crippen LogP contribution in [0, 0.1) is 5.92 Å². The molecule has 1 aromatic rings. The van der Waals surface area contributed by atoms with Gasteiger partial charge in [0.1, 0.15) is 0 Å². The Morgan fingerprint density at radius 1 is 1.73 bits per heavy atom. The Bertz CT molecular complexity index is 336. The zero-order chi connectivity index (χ0) is 10.8. The summed E-state index contributed by atoms with van der Waals surface area (Å²) in [7, 11) is 1.96. The summed E-state index contributed by atoms with van der Waals surface area (Å²) in [5, 5.41) is 15.8. The summed E-state index contributed by atoms with van der Waals surface area (Å²) >= 11 is 0. The van der Waals surface area contributed by atoms with Crippen molar-refractivity contribution >= 4 is 5.97 Å². The number of aliphatic carboxylic acids is 1. The second-order valence-corrected chi connectivity index (χ2v) is 4.13. The molecular weight excluding hydrogens is 194 g/mol. The summed E-state index contributed by atoms with van der Waals surface area (Å²) < 4.78 is 0.